The van der Waals surface area contributed by atoms with Crippen molar-refractivity contribution in [2.75, 3.05) is 33.4 Å². The van der Waals surface area contributed by atoms with Gasteiger partial charge in [0.2, 0.25) is 0 Å². The minimum absolute atomic E-state index is 0.0423. The molecule has 186 valence electrons. The smallest absolute Gasteiger partial charge is 0.379 e. The lowest BCUT2D eigenvalue weighted by Gasteiger charge is -2.28. The molecule has 1 atom stereocenters. The first-order chi connectivity index (χ1) is 17.3. The molecule has 3 heterocycles. The minimum Gasteiger partial charge on any atom is -0.379 e. The summed E-state index contributed by atoms with van der Waals surface area (Å²) in [4.78, 5) is 27.7. The third-order valence-corrected chi connectivity index (χ3v) is 7.55. The van der Waals surface area contributed by atoms with Crippen LogP contribution in [0.2, 0.25) is 0 Å². The van der Waals surface area contributed by atoms with Gasteiger partial charge >= 0.3 is 10.3 Å². The molecule has 36 heavy (non-hydrogen) atoms. The maximum absolute atomic E-state index is 13.7. The van der Waals surface area contributed by atoms with Crippen LogP contribution < -0.4 is 9.92 Å². The van der Waals surface area contributed by atoms with E-state index in [-0.39, 0.29) is 30.7 Å². The van der Waals surface area contributed by atoms with Crippen LogP contribution >= 0.6 is 0 Å². The number of likely N-dealkylation sites (N-methyl/N-ethyl adjacent to an activating group) is 1. The largest absolute Gasteiger partial charge is 0.385 e. The average molecular weight is 509 g/mol. The molecule has 12 heteroatoms. The van der Waals surface area contributed by atoms with Gasteiger partial charge in [-0.2, -0.15) is 12.7 Å². The Morgan fingerprint density at radius 1 is 1.00 bits per heavy atom. The Hall–Kier alpha value is -3.87. The molecule has 0 radical (unpaired) electrons. The van der Waals surface area contributed by atoms with E-state index >= 15 is 0 Å². The number of morpholine rings is 1. The molecule has 1 fully saturated rings. The zero-order valence-electron chi connectivity index (χ0n) is 19.4. The number of hydrogen-bond acceptors (Lipinski definition) is 9. The topological polar surface area (TPSA) is 140 Å². The summed E-state index contributed by atoms with van der Waals surface area (Å²) in [5.74, 6) is -0.280. The van der Waals surface area contributed by atoms with Gasteiger partial charge in [-0.1, -0.05) is 30.3 Å². The molecule has 1 amide bonds. The molecule has 2 aliphatic heterocycles. The van der Waals surface area contributed by atoms with Gasteiger partial charge in [-0.25, -0.2) is 15.0 Å². The summed E-state index contributed by atoms with van der Waals surface area (Å²) in [6.45, 7) is 0.991. The number of hydrogen-bond donors (Lipinski definition) is 1. The summed E-state index contributed by atoms with van der Waals surface area (Å²) < 4.78 is 37.5. The first kappa shape index (κ1) is 23.9. The Bertz CT molecular complexity index is 1430. The monoisotopic (exact) mass is 508 g/mol. The number of benzene rings is 2. The first-order valence-electron chi connectivity index (χ1n) is 11.2. The van der Waals surface area contributed by atoms with Gasteiger partial charge < -0.3 is 14.7 Å². The molecular weight excluding hydrogens is 484 g/mol. The number of aliphatic imine (C=N–C) groups is 1. The highest BCUT2D eigenvalue weighted by Gasteiger charge is 2.49. The van der Waals surface area contributed by atoms with Crippen molar-refractivity contribution in [2.24, 2.45) is 10.7 Å². The predicted molar refractivity (Wildman–Crippen MR) is 131 cm³/mol. The van der Waals surface area contributed by atoms with Crippen LogP contribution in [0.5, 0.6) is 5.75 Å². The first-order valence-corrected chi connectivity index (χ1v) is 12.5. The predicted octanol–water partition coefficient (Wildman–Crippen LogP) is 1.13. The second-order valence-electron chi connectivity index (χ2n) is 8.33. The van der Waals surface area contributed by atoms with E-state index in [0.717, 1.165) is 11.1 Å². The molecule has 0 aliphatic carbocycles. The lowest BCUT2D eigenvalue weighted by Crippen LogP contribution is -2.43. The normalized spacial score (nSPS) is 20.9. The van der Waals surface area contributed by atoms with E-state index < -0.39 is 15.8 Å². The third-order valence-electron chi connectivity index (χ3n) is 6.15. The lowest BCUT2D eigenvalue weighted by atomic mass is 9.81. The van der Waals surface area contributed by atoms with Gasteiger partial charge in [-0.05, 0) is 34.9 Å². The standard InChI is InChI=1S/C24H24N6O5S/c1-29-22(31)24(28-23(29)25,19-5-2-4-17(12-19)18-14-26-16-27-15-18)20-6-3-7-21(13-20)35-36(32,33)30-8-10-34-11-9-30/h2-7,12-16H,8-11H2,1H3,(H2,25,28). The number of aromatic nitrogens is 2. The van der Waals surface area contributed by atoms with E-state index in [2.05, 4.69) is 15.0 Å². The molecule has 2 N–H and O–H groups in total. The van der Waals surface area contributed by atoms with Crippen molar-refractivity contribution in [1.29, 1.82) is 0 Å². The highest BCUT2D eigenvalue weighted by atomic mass is 32.2. The molecule has 11 nitrogen and oxygen atoms in total. The zero-order valence-corrected chi connectivity index (χ0v) is 20.3. The fourth-order valence-corrected chi connectivity index (χ4v) is 5.32. The van der Waals surface area contributed by atoms with Crippen molar-refractivity contribution in [3.8, 4) is 16.9 Å². The van der Waals surface area contributed by atoms with Crippen molar-refractivity contribution >= 4 is 22.2 Å². The van der Waals surface area contributed by atoms with Gasteiger partial charge in [-0.15, -0.1) is 0 Å². The second kappa shape index (κ2) is 9.30. The molecule has 1 aromatic heterocycles. The van der Waals surface area contributed by atoms with Crippen LogP contribution in [0.4, 0.5) is 0 Å². The Labute approximate surface area is 208 Å². The maximum atomic E-state index is 13.7. The lowest BCUT2D eigenvalue weighted by molar-refractivity contribution is -0.129. The zero-order chi connectivity index (χ0) is 25.3. The highest BCUT2D eigenvalue weighted by Crippen LogP contribution is 2.41. The summed E-state index contributed by atoms with van der Waals surface area (Å²) in [6.07, 6.45) is 4.78. The number of nitrogens with two attached hydrogens (primary N) is 1. The van der Waals surface area contributed by atoms with Crippen LogP contribution in [0.25, 0.3) is 11.1 Å². The van der Waals surface area contributed by atoms with Gasteiger partial charge in [0.25, 0.3) is 5.91 Å². The van der Waals surface area contributed by atoms with Gasteiger partial charge in [-0.3, -0.25) is 9.69 Å². The summed E-state index contributed by atoms with van der Waals surface area (Å²) in [7, 11) is -2.51. The highest BCUT2D eigenvalue weighted by molar-refractivity contribution is 7.84. The van der Waals surface area contributed by atoms with Crippen molar-refractivity contribution < 1.29 is 22.1 Å². The molecule has 5 rings (SSSR count). The Kier molecular flexibility index (Phi) is 6.16. The number of rotatable bonds is 6. The van der Waals surface area contributed by atoms with E-state index in [0.29, 0.717) is 24.3 Å². The van der Waals surface area contributed by atoms with E-state index in [9.17, 15) is 13.2 Å². The van der Waals surface area contributed by atoms with E-state index in [1.807, 2.05) is 12.1 Å². The molecule has 0 bridgehead atoms. The Morgan fingerprint density at radius 3 is 2.33 bits per heavy atom. The van der Waals surface area contributed by atoms with Crippen molar-refractivity contribution in [2.45, 2.75) is 5.54 Å². The summed E-state index contributed by atoms with van der Waals surface area (Å²) in [6, 6.07) is 13.6. The fourth-order valence-electron chi connectivity index (χ4n) is 4.27. The Morgan fingerprint density at radius 2 is 1.67 bits per heavy atom. The van der Waals surface area contributed by atoms with Crippen LogP contribution in [0, 0.1) is 0 Å². The van der Waals surface area contributed by atoms with Crippen LogP contribution in [-0.4, -0.2) is 72.8 Å². The Balaban J connectivity index is 1.59. The number of carbonyl (C=O) groups excluding carboxylic acids is 1. The molecule has 0 spiro atoms. The number of ether oxygens (including phenoxy) is 1. The SMILES string of the molecule is CN1C(=O)C(c2cccc(OS(=O)(=O)N3CCOCC3)c2)(c2cccc(-c3cncnc3)c2)N=C1N. The number of carbonyl (C=O) groups is 1. The van der Waals surface area contributed by atoms with Crippen molar-refractivity contribution in [3.63, 3.8) is 0 Å². The molecule has 3 aromatic rings. The van der Waals surface area contributed by atoms with Gasteiger partial charge in [0.15, 0.2) is 11.5 Å². The number of nitrogens with zero attached hydrogens (tertiary/aromatic N) is 5. The van der Waals surface area contributed by atoms with Crippen molar-refractivity contribution in [1.82, 2.24) is 19.2 Å². The minimum atomic E-state index is -4.06. The van der Waals surface area contributed by atoms with Crippen molar-refractivity contribution in [3.05, 3.63) is 78.4 Å². The second-order valence-corrected chi connectivity index (χ2v) is 9.87. The fraction of sp³-hybridized carbons (Fsp3) is 0.250. The average Bonchev–Trinajstić information content (AvgIpc) is 3.14. The third kappa shape index (κ3) is 4.19. The summed E-state index contributed by atoms with van der Waals surface area (Å²) in [5, 5.41) is 0. The molecule has 1 saturated heterocycles. The van der Waals surface area contributed by atoms with Gasteiger partial charge in [0.05, 0.1) is 13.2 Å². The maximum Gasteiger partial charge on any atom is 0.385 e. The van der Waals surface area contributed by atoms with E-state index in [4.69, 9.17) is 14.7 Å². The number of amides is 1. The molecule has 2 aliphatic rings. The molecule has 2 aromatic carbocycles. The molecular formula is C24H24N6O5S. The summed E-state index contributed by atoms with van der Waals surface area (Å²) >= 11 is 0. The number of guanidine groups is 1. The van der Waals surface area contributed by atoms with Gasteiger partial charge in [0, 0.05) is 38.1 Å². The van der Waals surface area contributed by atoms with Crippen LogP contribution in [0.15, 0.2) is 72.2 Å². The van der Waals surface area contributed by atoms with E-state index in [1.165, 1.54) is 27.7 Å². The van der Waals surface area contributed by atoms with Crippen LogP contribution in [0.1, 0.15) is 11.1 Å². The van der Waals surface area contributed by atoms with Crippen LogP contribution in [0.3, 0.4) is 0 Å². The van der Waals surface area contributed by atoms with E-state index in [1.54, 1.807) is 43.7 Å². The van der Waals surface area contributed by atoms with Crippen LogP contribution in [-0.2, 0) is 25.4 Å². The molecule has 1 unspecified atom stereocenters. The molecule has 0 saturated carbocycles. The quantitative estimate of drug-likeness (QED) is 0.523. The summed E-state index contributed by atoms with van der Waals surface area (Å²) in [5.41, 5.74) is 7.07. The van der Waals surface area contributed by atoms with Gasteiger partial charge in [0.1, 0.15) is 12.1 Å².